The van der Waals surface area contributed by atoms with Crippen LogP contribution < -0.4 is 15.4 Å². The fourth-order valence-corrected chi connectivity index (χ4v) is 6.23. The molecule has 1 aromatic carbocycles. The number of carbonyl (C=O) groups excluding carboxylic acids is 3. The Bertz CT molecular complexity index is 1150. The second-order valence-corrected chi connectivity index (χ2v) is 10.5. The van der Waals surface area contributed by atoms with E-state index in [-0.39, 0.29) is 30.4 Å². The number of amides is 4. The molecule has 0 radical (unpaired) electrons. The molecular weight excluding hydrogens is 539 g/mol. The first-order valence-electron chi connectivity index (χ1n) is 10.8. The maximum atomic E-state index is 13.2. The zero-order chi connectivity index (χ0) is 23.7. The fourth-order valence-electron chi connectivity index (χ4n) is 5.14. The molecule has 33 heavy (non-hydrogen) atoms. The Hall–Kier alpha value is -2.63. The summed E-state index contributed by atoms with van der Waals surface area (Å²) in [6.07, 6.45) is 1.56. The summed E-state index contributed by atoms with van der Waals surface area (Å²) in [4.78, 5) is 45.1. The van der Waals surface area contributed by atoms with Gasteiger partial charge in [-0.1, -0.05) is 19.9 Å². The van der Waals surface area contributed by atoms with Crippen molar-refractivity contribution in [1.82, 2.24) is 15.5 Å². The van der Waals surface area contributed by atoms with Crippen molar-refractivity contribution in [2.75, 3.05) is 13.7 Å². The summed E-state index contributed by atoms with van der Waals surface area (Å²) >= 11 is 2.25. The molecule has 4 amide bonds. The molecule has 2 N–H and O–H groups in total. The van der Waals surface area contributed by atoms with Crippen molar-refractivity contribution in [3.63, 3.8) is 0 Å². The van der Waals surface area contributed by atoms with E-state index in [9.17, 15) is 14.4 Å². The van der Waals surface area contributed by atoms with Crippen LogP contribution in [-0.2, 0) is 16.1 Å². The van der Waals surface area contributed by atoms with Gasteiger partial charge in [-0.2, -0.15) is 0 Å². The quantitative estimate of drug-likeness (QED) is 0.432. The van der Waals surface area contributed by atoms with Crippen molar-refractivity contribution in [3.8, 4) is 5.75 Å². The van der Waals surface area contributed by atoms with Gasteiger partial charge in [-0.3, -0.25) is 19.9 Å². The van der Waals surface area contributed by atoms with E-state index in [2.05, 4.69) is 47.1 Å². The summed E-state index contributed by atoms with van der Waals surface area (Å²) < 4.78 is 12.6. The van der Waals surface area contributed by atoms with Gasteiger partial charge in [0.2, 0.25) is 0 Å². The predicted molar refractivity (Wildman–Crippen MR) is 128 cm³/mol. The van der Waals surface area contributed by atoms with Gasteiger partial charge in [0.15, 0.2) is 5.54 Å². The number of ether oxygens (including phenoxy) is 2. The number of nitrogens with one attached hydrogen (secondary N) is 2. The van der Waals surface area contributed by atoms with Gasteiger partial charge in [0.05, 0.1) is 17.4 Å². The molecule has 4 aliphatic rings. The number of benzene rings is 1. The minimum Gasteiger partial charge on any atom is -0.497 e. The summed E-state index contributed by atoms with van der Waals surface area (Å²) in [5.41, 5.74) is -0.825. The lowest BCUT2D eigenvalue weighted by molar-refractivity contribution is -0.125. The van der Waals surface area contributed by atoms with Gasteiger partial charge in [0.25, 0.3) is 11.8 Å². The second-order valence-electron chi connectivity index (χ2n) is 9.35. The van der Waals surface area contributed by atoms with E-state index in [0.29, 0.717) is 23.6 Å². The Morgan fingerprint density at radius 2 is 2.06 bits per heavy atom. The maximum absolute atomic E-state index is 13.2. The lowest BCUT2D eigenvalue weighted by Gasteiger charge is -2.39. The van der Waals surface area contributed by atoms with Crippen LogP contribution >= 0.6 is 22.6 Å². The number of imide groups is 1. The molecule has 1 saturated heterocycles. The molecule has 1 fully saturated rings. The van der Waals surface area contributed by atoms with Crippen LogP contribution in [-0.4, -0.2) is 57.3 Å². The Morgan fingerprint density at radius 3 is 2.73 bits per heavy atom. The number of rotatable bonds is 4. The minimum atomic E-state index is -1.52. The molecule has 4 heterocycles. The van der Waals surface area contributed by atoms with E-state index in [0.717, 1.165) is 9.28 Å². The van der Waals surface area contributed by atoms with E-state index >= 15 is 0 Å². The number of aliphatic imine (C=N–C) groups is 1. The normalized spacial score (nSPS) is 34.8. The third-order valence-electron chi connectivity index (χ3n) is 7.23. The summed E-state index contributed by atoms with van der Waals surface area (Å²) in [6, 6.07) is 4.71. The first-order chi connectivity index (χ1) is 15.6. The van der Waals surface area contributed by atoms with Gasteiger partial charge < -0.3 is 19.7 Å². The highest BCUT2D eigenvalue weighted by Gasteiger charge is 2.59. The van der Waals surface area contributed by atoms with Gasteiger partial charge in [0, 0.05) is 23.9 Å². The lowest BCUT2D eigenvalue weighted by atomic mass is 9.78. The molecular formula is C23H25IN4O5. The molecule has 5 atom stereocenters. The van der Waals surface area contributed by atoms with Crippen LogP contribution in [0.4, 0.5) is 4.79 Å². The summed E-state index contributed by atoms with van der Waals surface area (Å²) in [6.45, 7) is 6.44. The molecule has 10 heteroatoms. The van der Waals surface area contributed by atoms with E-state index < -0.39 is 23.0 Å². The van der Waals surface area contributed by atoms with Crippen LogP contribution in [0.5, 0.6) is 5.75 Å². The van der Waals surface area contributed by atoms with Crippen molar-refractivity contribution in [1.29, 1.82) is 0 Å². The van der Waals surface area contributed by atoms with Gasteiger partial charge in [-0.05, 0) is 53.3 Å². The van der Waals surface area contributed by atoms with Crippen LogP contribution in [0.25, 0.3) is 0 Å². The Balaban J connectivity index is 1.51. The van der Waals surface area contributed by atoms with Gasteiger partial charge in [0.1, 0.15) is 23.2 Å². The van der Waals surface area contributed by atoms with Crippen molar-refractivity contribution in [2.45, 2.75) is 44.5 Å². The van der Waals surface area contributed by atoms with Crippen molar-refractivity contribution < 1.29 is 23.9 Å². The third-order valence-corrected chi connectivity index (χ3v) is 8.45. The Morgan fingerprint density at radius 1 is 1.30 bits per heavy atom. The number of carbonyl (C=O) groups is 3. The summed E-state index contributed by atoms with van der Waals surface area (Å²) in [5, 5.41) is 5.09. The zero-order valence-corrected chi connectivity index (χ0v) is 20.9. The average Bonchev–Trinajstić information content (AvgIpc) is 3.38. The smallest absolute Gasteiger partial charge is 0.322 e. The molecule has 5 rings (SSSR count). The molecule has 174 valence electrons. The number of hydrogen-bond donors (Lipinski definition) is 2. The van der Waals surface area contributed by atoms with Crippen LogP contribution in [0, 0.1) is 11.8 Å². The third kappa shape index (κ3) is 3.24. The topological polar surface area (TPSA) is 109 Å². The Labute approximate surface area is 205 Å². The molecule has 3 unspecified atom stereocenters. The molecule has 4 aliphatic heterocycles. The van der Waals surface area contributed by atoms with Crippen LogP contribution in [0.2, 0.25) is 0 Å². The fraction of sp³-hybridized carbons (Fsp3) is 0.478. The molecule has 0 aliphatic carbocycles. The molecule has 0 bridgehead atoms. The van der Waals surface area contributed by atoms with E-state index in [4.69, 9.17) is 14.5 Å². The second kappa shape index (κ2) is 7.44. The van der Waals surface area contributed by atoms with Gasteiger partial charge >= 0.3 is 6.03 Å². The number of hydrogen-bond acceptors (Lipinski definition) is 6. The van der Waals surface area contributed by atoms with E-state index in [1.54, 1.807) is 24.1 Å². The molecule has 0 saturated carbocycles. The highest BCUT2D eigenvalue weighted by atomic mass is 127. The monoisotopic (exact) mass is 564 g/mol. The number of urea groups is 1. The molecule has 1 aromatic rings. The van der Waals surface area contributed by atoms with Crippen molar-refractivity contribution in [2.24, 2.45) is 16.8 Å². The zero-order valence-electron chi connectivity index (χ0n) is 18.8. The predicted octanol–water partition coefficient (Wildman–Crippen LogP) is 2.39. The molecule has 0 spiro atoms. The van der Waals surface area contributed by atoms with Gasteiger partial charge in [-0.25, -0.2) is 4.79 Å². The number of fused-ring (bicyclic) bond motifs is 2. The Kier molecular flexibility index (Phi) is 5.00. The highest BCUT2D eigenvalue weighted by molar-refractivity contribution is 14.1. The number of methoxy groups -OCH3 is 1. The van der Waals surface area contributed by atoms with E-state index in [1.165, 1.54) is 0 Å². The standard InChI is InChI=1S/C23H25IN4O5/c1-11-12(2)18(24)26-22(3)8-16(33-17(11)22)23(20(30)25-21(31)27-23)10-28-9-13-5-6-14(32-4)7-15(13)19(28)29/h5-8,11-12,17H,9-10H2,1-4H3,(H2,25,27,30,31)/t11?,12-,17?,22?,23-/m0/s1. The average molecular weight is 564 g/mol. The first-order valence-corrected chi connectivity index (χ1v) is 11.9. The van der Waals surface area contributed by atoms with Gasteiger partial charge in [-0.15, -0.1) is 0 Å². The van der Waals surface area contributed by atoms with Crippen molar-refractivity contribution in [3.05, 3.63) is 41.2 Å². The summed E-state index contributed by atoms with van der Waals surface area (Å²) in [7, 11) is 1.54. The molecule has 9 nitrogen and oxygen atoms in total. The van der Waals surface area contributed by atoms with E-state index in [1.807, 2.05) is 19.1 Å². The SMILES string of the molecule is COc1ccc2c(c1)C(=O)N(C[C@@]1(C3=CC4(C)N=C(I)[C@@H](C)C(C)C4O3)NC(=O)NC1=O)C2. The molecule has 0 aromatic heterocycles. The summed E-state index contributed by atoms with van der Waals surface area (Å²) in [5.74, 6) is 0.504. The van der Waals surface area contributed by atoms with Crippen LogP contribution in [0.3, 0.4) is 0 Å². The maximum Gasteiger partial charge on any atom is 0.322 e. The van der Waals surface area contributed by atoms with Crippen molar-refractivity contribution >= 4 is 44.2 Å². The lowest BCUT2D eigenvalue weighted by Crippen LogP contribution is -2.57. The van der Waals surface area contributed by atoms with Crippen LogP contribution in [0.15, 0.2) is 35.0 Å². The number of nitrogens with zero attached hydrogens (tertiary/aromatic N) is 2. The highest BCUT2D eigenvalue weighted by Crippen LogP contribution is 2.46. The first kappa shape index (κ1) is 22.2. The minimum absolute atomic E-state index is 0.0558. The van der Waals surface area contributed by atoms with Crippen LogP contribution in [0.1, 0.15) is 36.7 Å². The number of halogens is 1. The largest absolute Gasteiger partial charge is 0.497 e.